The summed E-state index contributed by atoms with van der Waals surface area (Å²) in [6.45, 7) is 3.99. The lowest BCUT2D eigenvalue weighted by Gasteiger charge is -2.44. The van der Waals surface area contributed by atoms with Gasteiger partial charge in [0.1, 0.15) is 6.17 Å². The predicted octanol–water partition coefficient (Wildman–Crippen LogP) is 3.82. The molecule has 1 N–H and O–H groups in total. The smallest absolute Gasteiger partial charge is 0.257 e. The summed E-state index contributed by atoms with van der Waals surface area (Å²) in [6, 6.07) is 11.0. The van der Waals surface area contributed by atoms with E-state index in [-0.39, 0.29) is 18.0 Å². The van der Waals surface area contributed by atoms with Gasteiger partial charge in [0.2, 0.25) is 0 Å². The van der Waals surface area contributed by atoms with Gasteiger partial charge in [-0.25, -0.2) is 0 Å². The molecule has 4 rings (SSSR count). The molecule has 2 heterocycles. The lowest BCUT2D eigenvalue weighted by atomic mass is 10.0. The number of hydrogen-bond donors (Lipinski definition) is 1. The number of methoxy groups -OCH3 is 2. The molecule has 2 aliphatic rings. The minimum absolute atomic E-state index is 0.0712. The molecule has 0 aliphatic carbocycles. The molecule has 1 saturated heterocycles. The standard InChI is InChI=1S/C25H31N3O4/c1-4-27-20-15-17(12-13-19(20)25(30)28-14-7-5-6-11-22(27)28)24(29)26-16-18-9-8-10-21(31-2)23(18)32-3/h8-10,12-13,15,22H,4-7,11,14,16H2,1-3H3,(H,26,29). The van der Waals surface area contributed by atoms with Gasteiger partial charge in [0, 0.05) is 30.8 Å². The van der Waals surface area contributed by atoms with Crippen LogP contribution >= 0.6 is 0 Å². The first-order chi connectivity index (χ1) is 15.6. The maximum absolute atomic E-state index is 13.2. The summed E-state index contributed by atoms with van der Waals surface area (Å²) < 4.78 is 10.8. The van der Waals surface area contributed by atoms with E-state index in [0.717, 1.165) is 50.0 Å². The van der Waals surface area contributed by atoms with Crippen molar-refractivity contribution >= 4 is 17.5 Å². The highest BCUT2D eigenvalue weighted by Crippen LogP contribution is 2.35. The Hall–Kier alpha value is -3.22. The number of ether oxygens (including phenoxy) is 2. The van der Waals surface area contributed by atoms with Gasteiger partial charge in [0.15, 0.2) is 11.5 Å². The normalized spacial score (nSPS) is 17.8. The average Bonchev–Trinajstić information content (AvgIpc) is 3.08. The molecule has 0 bridgehead atoms. The van der Waals surface area contributed by atoms with Gasteiger partial charge in [-0.3, -0.25) is 9.59 Å². The van der Waals surface area contributed by atoms with Crippen molar-refractivity contribution in [3.63, 3.8) is 0 Å². The first-order valence-electron chi connectivity index (χ1n) is 11.3. The van der Waals surface area contributed by atoms with Crippen LogP contribution in [0.1, 0.15) is 58.9 Å². The van der Waals surface area contributed by atoms with Crippen molar-refractivity contribution in [2.75, 3.05) is 32.2 Å². The van der Waals surface area contributed by atoms with Crippen LogP contribution in [-0.2, 0) is 6.54 Å². The van der Waals surface area contributed by atoms with Crippen LogP contribution in [-0.4, -0.2) is 50.2 Å². The molecule has 2 aliphatic heterocycles. The highest BCUT2D eigenvalue weighted by Gasteiger charge is 2.37. The Morgan fingerprint density at radius 3 is 2.72 bits per heavy atom. The fraction of sp³-hybridized carbons (Fsp3) is 0.440. The second-order valence-electron chi connectivity index (χ2n) is 8.18. The molecule has 7 nitrogen and oxygen atoms in total. The molecule has 7 heteroatoms. The molecule has 2 aromatic rings. The fourth-order valence-corrected chi connectivity index (χ4v) is 4.81. The average molecular weight is 438 g/mol. The van der Waals surface area contributed by atoms with E-state index >= 15 is 0 Å². The molecule has 32 heavy (non-hydrogen) atoms. The molecule has 2 amide bonds. The Labute approximate surface area is 189 Å². The molecule has 0 spiro atoms. The SMILES string of the molecule is CCN1c2cc(C(=O)NCc3cccc(OC)c3OC)ccc2C(=O)N2CCCCCC21. The van der Waals surface area contributed by atoms with Crippen LogP contribution in [0, 0.1) is 0 Å². The van der Waals surface area contributed by atoms with E-state index in [1.54, 1.807) is 26.4 Å². The minimum Gasteiger partial charge on any atom is -0.493 e. The molecule has 0 radical (unpaired) electrons. The second kappa shape index (κ2) is 9.51. The number of benzene rings is 2. The molecule has 1 atom stereocenters. The van der Waals surface area contributed by atoms with Gasteiger partial charge in [0.25, 0.3) is 11.8 Å². The van der Waals surface area contributed by atoms with Crippen LogP contribution in [0.2, 0.25) is 0 Å². The molecule has 0 saturated carbocycles. The van der Waals surface area contributed by atoms with Crippen molar-refractivity contribution in [2.45, 2.75) is 45.3 Å². The predicted molar refractivity (Wildman–Crippen MR) is 123 cm³/mol. The summed E-state index contributed by atoms with van der Waals surface area (Å²) >= 11 is 0. The highest BCUT2D eigenvalue weighted by atomic mass is 16.5. The zero-order valence-corrected chi connectivity index (χ0v) is 19.0. The van der Waals surface area contributed by atoms with E-state index < -0.39 is 0 Å². The van der Waals surface area contributed by atoms with Gasteiger partial charge in [-0.1, -0.05) is 18.6 Å². The minimum atomic E-state index is -0.190. The first kappa shape index (κ1) is 22.0. The highest BCUT2D eigenvalue weighted by molar-refractivity contribution is 6.04. The Morgan fingerprint density at radius 1 is 1.12 bits per heavy atom. The molecule has 1 fully saturated rings. The molecule has 0 aromatic heterocycles. The Kier molecular flexibility index (Phi) is 6.53. The lowest BCUT2D eigenvalue weighted by Crippen LogP contribution is -2.55. The van der Waals surface area contributed by atoms with Crippen molar-refractivity contribution < 1.29 is 19.1 Å². The number of anilines is 1. The topological polar surface area (TPSA) is 71.1 Å². The first-order valence-corrected chi connectivity index (χ1v) is 11.3. The zero-order chi connectivity index (χ0) is 22.7. The van der Waals surface area contributed by atoms with E-state index in [1.807, 2.05) is 29.2 Å². The molecular formula is C25H31N3O4. The monoisotopic (exact) mass is 437 g/mol. The summed E-state index contributed by atoms with van der Waals surface area (Å²) in [5.74, 6) is 1.11. The van der Waals surface area contributed by atoms with Crippen LogP contribution in [0.5, 0.6) is 11.5 Å². The van der Waals surface area contributed by atoms with E-state index in [2.05, 4.69) is 17.1 Å². The lowest BCUT2D eigenvalue weighted by molar-refractivity contribution is 0.0656. The van der Waals surface area contributed by atoms with Crippen LogP contribution in [0.4, 0.5) is 5.69 Å². The molecule has 1 unspecified atom stereocenters. The third-order valence-corrected chi connectivity index (χ3v) is 6.41. The molecule has 2 aromatic carbocycles. The number of fused-ring (bicyclic) bond motifs is 2. The third-order valence-electron chi connectivity index (χ3n) is 6.41. The van der Waals surface area contributed by atoms with Gasteiger partial charge in [-0.15, -0.1) is 0 Å². The van der Waals surface area contributed by atoms with Crippen molar-refractivity contribution in [2.24, 2.45) is 0 Å². The summed E-state index contributed by atoms with van der Waals surface area (Å²) in [4.78, 5) is 30.4. The van der Waals surface area contributed by atoms with Crippen LogP contribution in [0.15, 0.2) is 36.4 Å². The Bertz CT molecular complexity index is 1010. The summed E-state index contributed by atoms with van der Waals surface area (Å²) in [6.07, 6.45) is 4.34. The van der Waals surface area contributed by atoms with Crippen LogP contribution < -0.4 is 19.7 Å². The number of para-hydroxylation sites is 1. The van der Waals surface area contributed by atoms with Crippen LogP contribution in [0.3, 0.4) is 0 Å². The van der Waals surface area contributed by atoms with Crippen molar-refractivity contribution in [3.8, 4) is 11.5 Å². The summed E-state index contributed by atoms with van der Waals surface area (Å²) in [7, 11) is 3.17. The number of amides is 2. The van der Waals surface area contributed by atoms with Gasteiger partial charge < -0.3 is 24.6 Å². The van der Waals surface area contributed by atoms with E-state index in [9.17, 15) is 9.59 Å². The van der Waals surface area contributed by atoms with Gasteiger partial charge >= 0.3 is 0 Å². The number of nitrogens with zero attached hydrogens (tertiary/aromatic N) is 2. The number of rotatable bonds is 6. The summed E-state index contributed by atoms with van der Waals surface area (Å²) in [5, 5.41) is 2.97. The quantitative estimate of drug-likeness (QED) is 0.744. The summed E-state index contributed by atoms with van der Waals surface area (Å²) in [5.41, 5.74) is 2.90. The number of hydrogen-bond acceptors (Lipinski definition) is 5. The fourth-order valence-electron chi connectivity index (χ4n) is 4.81. The number of carbonyl (C=O) groups excluding carboxylic acids is 2. The Balaban J connectivity index is 1.57. The largest absolute Gasteiger partial charge is 0.493 e. The number of carbonyl (C=O) groups is 2. The van der Waals surface area contributed by atoms with E-state index in [4.69, 9.17) is 9.47 Å². The maximum Gasteiger partial charge on any atom is 0.257 e. The molecule has 170 valence electrons. The van der Waals surface area contributed by atoms with Crippen LogP contribution in [0.25, 0.3) is 0 Å². The third kappa shape index (κ3) is 3.99. The Morgan fingerprint density at radius 2 is 1.97 bits per heavy atom. The number of nitrogens with one attached hydrogen (secondary N) is 1. The van der Waals surface area contributed by atoms with Gasteiger partial charge in [-0.05, 0) is 50.5 Å². The van der Waals surface area contributed by atoms with Crippen molar-refractivity contribution in [3.05, 3.63) is 53.1 Å². The van der Waals surface area contributed by atoms with Gasteiger partial charge in [0.05, 0.1) is 25.5 Å². The second-order valence-corrected chi connectivity index (χ2v) is 8.18. The zero-order valence-electron chi connectivity index (χ0n) is 19.0. The van der Waals surface area contributed by atoms with Gasteiger partial charge in [-0.2, -0.15) is 0 Å². The van der Waals surface area contributed by atoms with Crippen molar-refractivity contribution in [1.29, 1.82) is 0 Å². The van der Waals surface area contributed by atoms with E-state index in [0.29, 0.717) is 29.2 Å². The van der Waals surface area contributed by atoms with Crippen molar-refractivity contribution in [1.82, 2.24) is 10.2 Å². The van der Waals surface area contributed by atoms with E-state index in [1.165, 1.54) is 0 Å². The molecular weight excluding hydrogens is 406 g/mol. The maximum atomic E-state index is 13.2.